The van der Waals surface area contributed by atoms with E-state index in [0.717, 1.165) is 5.56 Å². The molecule has 1 N–H and O–H groups in total. The number of piperazine rings is 1. The largest absolute Gasteiger partial charge is 0.496 e. The first-order valence-corrected chi connectivity index (χ1v) is 9.90. The van der Waals surface area contributed by atoms with Gasteiger partial charge in [0, 0.05) is 45.8 Å². The van der Waals surface area contributed by atoms with Crippen molar-refractivity contribution in [2.45, 2.75) is 0 Å². The first-order valence-electron chi connectivity index (χ1n) is 8.50. The molecule has 1 aromatic heterocycles. The van der Waals surface area contributed by atoms with Gasteiger partial charge in [0.25, 0.3) is 16.1 Å². The highest BCUT2D eigenvalue weighted by molar-refractivity contribution is 7.86. The van der Waals surface area contributed by atoms with Gasteiger partial charge in [-0.2, -0.15) is 22.1 Å². The van der Waals surface area contributed by atoms with Crippen LogP contribution in [0.1, 0.15) is 10.5 Å². The predicted octanol–water partition coefficient (Wildman–Crippen LogP) is 0.649. The first-order chi connectivity index (χ1) is 12.8. The minimum atomic E-state index is -3.46. The van der Waals surface area contributed by atoms with E-state index in [4.69, 9.17) is 4.74 Å². The van der Waals surface area contributed by atoms with Crippen molar-refractivity contribution in [1.29, 1.82) is 0 Å². The molecule has 146 valence electrons. The van der Waals surface area contributed by atoms with Crippen molar-refractivity contribution in [3.8, 4) is 17.0 Å². The molecule has 1 aliphatic rings. The molecule has 10 heteroatoms. The Labute approximate surface area is 158 Å². The van der Waals surface area contributed by atoms with Gasteiger partial charge >= 0.3 is 0 Å². The summed E-state index contributed by atoms with van der Waals surface area (Å²) in [6.45, 7) is 1.18. The second-order valence-electron chi connectivity index (χ2n) is 6.35. The van der Waals surface area contributed by atoms with Gasteiger partial charge in [0.05, 0.1) is 12.8 Å². The Bertz CT molecular complexity index is 917. The van der Waals surface area contributed by atoms with Gasteiger partial charge in [-0.25, -0.2) is 0 Å². The van der Waals surface area contributed by atoms with Crippen LogP contribution >= 0.6 is 0 Å². The quantitative estimate of drug-likeness (QED) is 0.804. The number of carbonyl (C=O) groups excluding carboxylic acids is 1. The third kappa shape index (κ3) is 3.82. The Balaban J connectivity index is 1.71. The molecule has 0 radical (unpaired) electrons. The molecule has 0 atom stereocenters. The van der Waals surface area contributed by atoms with Gasteiger partial charge in [-0.15, -0.1) is 0 Å². The Morgan fingerprint density at radius 2 is 1.85 bits per heavy atom. The average molecular weight is 393 g/mol. The zero-order valence-electron chi connectivity index (χ0n) is 15.5. The molecule has 1 saturated heterocycles. The minimum Gasteiger partial charge on any atom is -0.496 e. The summed E-state index contributed by atoms with van der Waals surface area (Å²) in [6, 6.07) is 9.12. The summed E-state index contributed by atoms with van der Waals surface area (Å²) in [4.78, 5) is 14.4. The highest BCUT2D eigenvalue weighted by Gasteiger charge is 2.31. The van der Waals surface area contributed by atoms with E-state index < -0.39 is 10.2 Å². The number of methoxy groups -OCH3 is 1. The molecule has 2 heterocycles. The lowest BCUT2D eigenvalue weighted by molar-refractivity contribution is 0.0689. The smallest absolute Gasteiger partial charge is 0.281 e. The third-order valence-electron chi connectivity index (χ3n) is 4.50. The summed E-state index contributed by atoms with van der Waals surface area (Å²) >= 11 is 0. The van der Waals surface area contributed by atoms with Crippen molar-refractivity contribution < 1.29 is 17.9 Å². The molecule has 0 spiro atoms. The van der Waals surface area contributed by atoms with E-state index in [2.05, 4.69) is 10.2 Å². The van der Waals surface area contributed by atoms with Crippen LogP contribution in [-0.2, 0) is 10.2 Å². The van der Waals surface area contributed by atoms with Gasteiger partial charge in [0.2, 0.25) is 0 Å². The number of aromatic nitrogens is 2. The Kier molecular flexibility index (Phi) is 5.49. The van der Waals surface area contributed by atoms with Crippen LogP contribution < -0.4 is 4.74 Å². The van der Waals surface area contributed by atoms with Crippen LogP contribution in [0.4, 0.5) is 0 Å². The SMILES string of the molecule is COc1ccccc1-c1cc(C(=O)N2CCN(S(=O)(=O)N(C)C)CC2)[nH]n1. The van der Waals surface area contributed by atoms with Gasteiger partial charge in [-0.3, -0.25) is 9.89 Å². The van der Waals surface area contributed by atoms with Crippen molar-refractivity contribution >= 4 is 16.1 Å². The monoisotopic (exact) mass is 393 g/mol. The van der Waals surface area contributed by atoms with Crippen LogP contribution in [0.25, 0.3) is 11.3 Å². The van der Waals surface area contributed by atoms with Crippen molar-refractivity contribution in [3.63, 3.8) is 0 Å². The van der Waals surface area contributed by atoms with Crippen LogP contribution in [0.3, 0.4) is 0 Å². The first kappa shape index (κ1) is 19.3. The second-order valence-corrected chi connectivity index (χ2v) is 8.49. The average Bonchev–Trinajstić information content (AvgIpc) is 3.17. The van der Waals surface area contributed by atoms with Crippen LogP contribution in [0, 0.1) is 0 Å². The van der Waals surface area contributed by atoms with Gasteiger partial charge < -0.3 is 9.64 Å². The van der Waals surface area contributed by atoms with E-state index in [1.807, 2.05) is 24.3 Å². The third-order valence-corrected chi connectivity index (χ3v) is 6.45. The van der Waals surface area contributed by atoms with Crippen molar-refractivity contribution in [1.82, 2.24) is 23.7 Å². The molecule has 2 aromatic rings. The summed E-state index contributed by atoms with van der Waals surface area (Å²) in [5.74, 6) is 0.469. The predicted molar refractivity (Wildman–Crippen MR) is 101 cm³/mol. The molecular formula is C17H23N5O4S. The molecule has 1 aliphatic heterocycles. The fourth-order valence-corrected chi connectivity index (χ4v) is 4.04. The highest BCUT2D eigenvalue weighted by Crippen LogP contribution is 2.28. The van der Waals surface area contributed by atoms with Gasteiger partial charge in [-0.1, -0.05) is 12.1 Å². The summed E-state index contributed by atoms with van der Waals surface area (Å²) in [7, 11) is 1.12. The Hall–Kier alpha value is -2.43. The number of aromatic amines is 1. The van der Waals surface area contributed by atoms with Crippen molar-refractivity contribution in [2.24, 2.45) is 0 Å². The lowest BCUT2D eigenvalue weighted by Crippen LogP contribution is -2.53. The van der Waals surface area contributed by atoms with Crippen molar-refractivity contribution in [2.75, 3.05) is 47.4 Å². The zero-order valence-corrected chi connectivity index (χ0v) is 16.4. The van der Waals surface area contributed by atoms with Crippen LogP contribution in [0.2, 0.25) is 0 Å². The molecule has 3 rings (SSSR count). The van der Waals surface area contributed by atoms with E-state index in [1.54, 1.807) is 18.1 Å². The molecule has 9 nitrogen and oxygen atoms in total. The zero-order chi connectivity index (χ0) is 19.6. The number of rotatable bonds is 5. The molecule has 27 heavy (non-hydrogen) atoms. The van der Waals surface area contributed by atoms with Crippen LogP contribution in [0.15, 0.2) is 30.3 Å². The minimum absolute atomic E-state index is 0.203. The summed E-state index contributed by atoms with van der Waals surface area (Å²) in [5, 5.41) is 7.00. The van der Waals surface area contributed by atoms with Gasteiger partial charge in [0.15, 0.2) is 0 Å². The molecule has 0 bridgehead atoms. The topological polar surface area (TPSA) is 98.8 Å². The van der Waals surface area contributed by atoms with Gasteiger partial charge in [0.1, 0.15) is 11.4 Å². The number of carbonyl (C=O) groups is 1. The maximum absolute atomic E-state index is 12.7. The van der Waals surface area contributed by atoms with Crippen molar-refractivity contribution in [3.05, 3.63) is 36.0 Å². The number of amides is 1. The van der Waals surface area contributed by atoms with Crippen LogP contribution in [-0.4, -0.2) is 85.4 Å². The van der Waals surface area contributed by atoms with E-state index >= 15 is 0 Å². The number of nitrogens with one attached hydrogen (secondary N) is 1. The number of ether oxygens (including phenoxy) is 1. The number of benzene rings is 1. The maximum atomic E-state index is 12.7. The number of H-pyrrole nitrogens is 1. The summed E-state index contributed by atoms with van der Waals surface area (Å²) in [6.07, 6.45) is 0. The molecule has 1 amide bonds. The normalized spacial score (nSPS) is 15.9. The number of nitrogens with zero attached hydrogens (tertiary/aromatic N) is 4. The second kappa shape index (κ2) is 7.67. The molecular weight excluding hydrogens is 370 g/mol. The van der Waals surface area contributed by atoms with E-state index in [9.17, 15) is 13.2 Å². The lowest BCUT2D eigenvalue weighted by Gasteiger charge is -2.34. The fourth-order valence-electron chi connectivity index (χ4n) is 2.95. The molecule has 0 aliphatic carbocycles. The molecule has 0 unspecified atom stereocenters. The Morgan fingerprint density at radius 3 is 2.48 bits per heavy atom. The van der Waals surface area contributed by atoms with E-state index in [1.165, 1.54) is 22.7 Å². The maximum Gasteiger partial charge on any atom is 0.281 e. The molecule has 1 aromatic carbocycles. The highest BCUT2D eigenvalue weighted by atomic mass is 32.2. The lowest BCUT2D eigenvalue weighted by atomic mass is 10.1. The summed E-state index contributed by atoms with van der Waals surface area (Å²) in [5.41, 5.74) is 1.77. The molecule has 1 fully saturated rings. The molecule has 0 saturated carbocycles. The van der Waals surface area contributed by atoms with E-state index in [0.29, 0.717) is 30.2 Å². The number of hydrogen-bond donors (Lipinski definition) is 1. The summed E-state index contributed by atoms with van der Waals surface area (Å²) < 4.78 is 32.2. The Morgan fingerprint density at radius 1 is 1.19 bits per heavy atom. The van der Waals surface area contributed by atoms with Crippen LogP contribution in [0.5, 0.6) is 5.75 Å². The van der Waals surface area contributed by atoms with E-state index in [-0.39, 0.29) is 19.0 Å². The van der Waals surface area contributed by atoms with Gasteiger partial charge in [-0.05, 0) is 18.2 Å². The number of hydrogen-bond acceptors (Lipinski definition) is 5. The fraction of sp³-hybridized carbons (Fsp3) is 0.412. The standard InChI is InChI=1S/C17H23N5O4S/c1-20(2)27(24,25)22-10-8-21(9-11-22)17(23)15-12-14(18-19-15)13-6-4-5-7-16(13)26-3/h4-7,12H,8-11H2,1-3H3,(H,18,19). The number of para-hydroxylation sites is 1.